The topological polar surface area (TPSA) is 79.3 Å². The summed E-state index contributed by atoms with van der Waals surface area (Å²) in [6, 6.07) is 7.70. The second-order valence-electron chi connectivity index (χ2n) is 6.38. The van der Waals surface area contributed by atoms with Gasteiger partial charge in [0.2, 0.25) is 5.91 Å². The molecule has 0 radical (unpaired) electrons. The molecule has 2 aliphatic rings. The molecule has 0 aliphatic heterocycles. The highest BCUT2D eigenvalue weighted by atomic mass is 32.1. The largest absolute Gasteiger partial charge is 0.476 e. The first-order chi connectivity index (χ1) is 11.1. The van der Waals surface area contributed by atoms with Crippen LogP contribution in [0.25, 0.3) is 10.6 Å². The number of hydrogen-bond acceptors (Lipinski definition) is 4. The van der Waals surface area contributed by atoms with Crippen molar-refractivity contribution in [2.24, 2.45) is 11.3 Å². The number of aromatic nitrogens is 1. The van der Waals surface area contributed by atoms with Crippen LogP contribution in [0.2, 0.25) is 0 Å². The van der Waals surface area contributed by atoms with Crippen LogP contribution in [-0.4, -0.2) is 22.0 Å². The van der Waals surface area contributed by atoms with Crippen molar-refractivity contribution in [2.45, 2.75) is 25.8 Å². The molecule has 0 saturated heterocycles. The summed E-state index contributed by atoms with van der Waals surface area (Å²) in [5, 5.41) is 14.2. The Balaban J connectivity index is 1.43. The molecule has 1 atom stereocenters. The molecule has 2 N–H and O–H groups in total. The van der Waals surface area contributed by atoms with Crippen LogP contribution in [0, 0.1) is 11.3 Å². The quantitative estimate of drug-likeness (QED) is 0.884. The Morgan fingerprint density at radius 3 is 2.87 bits per heavy atom. The normalized spacial score (nSPS) is 20.3. The van der Waals surface area contributed by atoms with Crippen molar-refractivity contribution < 1.29 is 14.7 Å². The number of amides is 1. The van der Waals surface area contributed by atoms with Gasteiger partial charge < -0.3 is 10.4 Å². The molecule has 118 valence electrons. The molecule has 2 fully saturated rings. The number of carbonyl (C=O) groups excluding carboxylic acids is 1. The predicted octanol–water partition coefficient (Wildman–Crippen LogP) is 2.92. The Morgan fingerprint density at radius 1 is 1.39 bits per heavy atom. The zero-order valence-corrected chi connectivity index (χ0v) is 13.2. The molecule has 2 aliphatic carbocycles. The number of aromatic carboxylic acids is 1. The third-order valence-electron chi connectivity index (χ3n) is 4.76. The fourth-order valence-electron chi connectivity index (χ4n) is 3.06. The number of carbonyl (C=O) groups is 2. The van der Waals surface area contributed by atoms with Gasteiger partial charge in [-0.1, -0.05) is 18.2 Å². The van der Waals surface area contributed by atoms with E-state index < -0.39 is 5.97 Å². The first-order valence-electron chi connectivity index (χ1n) is 7.63. The van der Waals surface area contributed by atoms with Gasteiger partial charge in [0.1, 0.15) is 5.01 Å². The van der Waals surface area contributed by atoms with E-state index in [9.17, 15) is 9.59 Å². The van der Waals surface area contributed by atoms with E-state index >= 15 is 0 Å². The smallest absolute Gasteiger partial charge is 0.355 e. The van der Waals surface area contributed by atoms with Crippen LogP contribution in [0.3, 0.4) is 0 Å². The number of thiazole rings is 1. The Morgan fingerprint density at radius 2 is 2.22 bits per heavy atom. The molecule has 0 bridgehead atoms. The monoisotopic (exact) mass is 328 g/mol. The number of benzene rings is 1. The van der Waals surface area contributed by atoms with Crippen LogP contribution in [0.4, 0.5) is 0 Å². The zero-order chi connectivity index (χ0) is 16.0. The molecule has 5 nitrogen and oxygen atoms in total. The van der Waals surface area contributed by atoms with Crippen LogP contribution in [0.5, 0.6) is 0 Å². The summed E-state index contributed by atoms with van der Waals surface area (Å²) in [7, 11) is 0. The van der Waals surface area contributed by atoms with Crippen LogP contribution >= 0.6 is 11.3 Å². The lowest BCUT2D eigenvalue weighted by atomic mass is 10.1. The maximum absolute atomic E-state index is 12.1. The summed E-state index contributed by atoms with van der Waals surface area (Å²) in [5.74, 6) is -0.632. The standard InChI is InChI=1S/C17H16N2O3S/c20-14(12-7-17(12)4-5-17)18-8-10-2-1-3-11(6-10)15-19-13(9-23-15)16(21)22/h1-3,6,9,12H,4-5,7-8H2,(H,18,20)(H,21,22). The molecule has 2 saturated carbocycles. The van der Waals surface area contributed by atoms with Crippen LogP contribution < -0.4 is 5.32 Å². The van der Waals surface area contributed by atoms with E-state index in [1.54, 1.807) is 0 Å². The molecule has 1 aromatic heterocycles. The molecular formula is C17H16N2O3S. The number of nitrogens with one attached hydrogen (secondary N) is 1. The van der Waals surface area contributed by atoms with Gasteiger partial charge in [-0.25, -0.2) is 9.78 Å². The van der Waals surface area contributed by atoms with Crippen molar-refractivity contribution in [3.63, 3.8) is 0 Å². The Labute approximate surface area is 137 Å². The SMILES string of the molecule is O=C(O)c1csc(-c2cccc(CNC(=O)C3CC34CC4)c2)n1. The van der Waals surface area contributed by atoms with Crippen molar-refractivity contribution in [2.75, 3.05) is 0 Å². The Kier molecular flexibility index (Phi) is 3.23. The van der Waals surface area contributed by atoms with E-state index in [4.69, 9.17) is 5.11 Å². The fourth-order valence-corrected chi connectivity index (χ4v) is 3.85. The van der Waals surface area contributed by atoms with E-state index in [0.29, 0.717) is 17.0 Å². The van der Waals surface area contributed by atoms with Crippen LogP contribution in [0.1, 0.15) is 35.3 Å². The van der Waals surface area contributed by atoms with E-state index in [0.717, 1.165) is 17.5 Å². The lowest BCUT2D eigenvalue weighted by Crippen LogP contribution is -2.25. The van der Waals surface area contributed by atoms with Crippen LogP contribution in [-0.2, 0) is 11.3 Å². The number of nitrogens with zero attached hydrogens (tertiary/aromatic N) is 1. The maximum atomic E-state index is 12.1. The third kappa shape index (κ3) is 2.74. The molecule has 1 heterocycles. The van der Waals surface area contributed by atoms with Gasteiger partial charge in [0.25, 0.3) is 0 Å². The first kappa shape index (κ1) is 14.4. The van der Waals surface area contributed by atoms with Gasteiger partial charge in [0, 0.05) is 23.4 Å². The molecule has 23 heavy (non-hydrogen) atoms. The highest BCUT2D eigenvalue weighted by Crippen LogP contribution is 2.70. The predicted molar refractivity (Wildman–Crippen MR) is 86.1 cm³/mol. The highest BCUT2D eigenvalue weighted by Gasteiger charge is 2.65. The minimum Gasteiger partial charge on any atom is -0.476 e. The second kappa shape index (κ2) is 5.16. The van der Waals surface area contributed by atoms with E-state index in [1.807, 2.05) is 24.3 Å². The molecular weight excluding hydrogens is 312 g/mol. The Hall–Kier alpha value is -2.21. The maximum Gasteiger partial charge on any atom is 0.355 e. The molecule has 1 aromatic carbocycles. The minimum absolute atomic E-state index is 0.0622. The van der Waals surface area contributed by atoms with Crippen molar-refractivity contribution >= 4 is 23.2 Å². The minimum atomic E-state index is -1.02. The second-order valence-corrected chi connectivity index (χ2v) is 7.24. The summed E-state index contributed by atoms with van der Waals surface area (Å²) >= 11 is 1.31. The highest BCUT2D eigenvalue weighted by molar-refractivity contribution is 7.13. The van der Waals surface area contributed by atoms with Gasteiger partial charge in [0.15, 0.2) is 5.69 Å². The summed E-state index contributed by atoms with van der Waals surface area (Å²) in [6.45, 7) is 0.496. The first-order valence-corrected chi connectivity index (χ1v) is 8.51. The number of hydrogen-bond donors (Lipinski definition) is 2. The number of carboxylic acids is 1. The summed E-state index contributed by atoms with van der Waals surface area (Å²) < 4.78 is 0. The van der Waals surface area contributed by atoms with E-state index in [1.165, 1.54) is 29.6 Å². The van der Waals surface area contributed by atoms with Gasteiger partial charge >= 0.3 is 5.97 Å². The van der Waals surface area contributed by atoms with Crippen molar-refractivity contribution in [3.8, 4) is 10.6 Å². The summed E-state index contributed by atoms with van der Waals surface area (Å²) in [5.41, 5.74) is 2.31. The van der Waals surface area contributed by atoms with Crippen molar-refractivity contribution in [1.29, 1.82) is 0 Å². The lowest BCUT2D eigenvalue weighted by Gasteiger charge is -2.06. The summed E-state index contributed by atoms with van der Waals surface area (Å²) in [6.07, 6.45) is 3.46. The number of carboxylic acid groups (broad SMARTS) is 1. The fraction of sp³-hybridized carbons (Fsp3) is 0.353. The lowest BCUT2D eigenvalue weighted by molar-refractivity contribution is -0.122. The van der Waals surface area contributed by atoms with Crippen molar-refractivity contribution in [1.82, 2.24) is 10.3 Å². The molecule has 6 heteroatoms. The van der Waals surface area contributed by atoms with Crippen molar-refractivity contribution in [3.05, 3.63) is 40.9 Å². The molecule has 1 amide bonds. The van der Waals surface area contributed by atoms with Gasteiger partial charge in [-0.05, 0) is 36.3 Å². The molecule has 1 spiro atoms. The molecule has 4 rings (SSSR count). The van der Waals surface area contributed by atoms with Gasteiger partial charge in [-0.2, -0.15) is 0 Å². The number of rotatable bonds is 5. The Bertz CT molecular complexity index is 795. The zero-order valence-electron chi connectivity index (χ0n) is 12.4. The molecule has 2 aromatic rings. The van der Waals surface area contributed by atoms with Crippen LogP contribution in [0.15, 0.2) is 29.6 Å². The summed E-state index contributed by atoms with van der Waals surface area (Å²) in [4.78, 5) is 27.1. The van der Waals surface area contributed by atoms with E-state index in [2.05, 4.69) is 10.3 Å². The van der Waals surface area contributed by atoms with E-state index in [-0.39, 0.29) is 17.5 Å². The van der Waals surface area contributed by atoms with Gasteiger partial charge in [-0.15, -0.1) is 11.3 Å². The van der Waals surface area contributed by atoms with Gasteiger partial charge in [0.05, 0.1) is 0 Å². The average Bonchev–Trinajstić information content (AvgIpc) is 3.43. The van der Waals surface area contributed by atoms with Gasteiger partial charge in [-0.3, -0.25) is 4.79 Å². The molecule has 1 unspecified atom stereocenters. The average molecular weight is 328 g/mol. The third-order valence-corrected chi connectivity index (χ3v) is 5.65.